The van der Waals surface area contributed by atoms with Crippen molar-refractivity contribution in [2.24, 2.45) is 0 Å². The Morgan fingerprint density at radius 2 is 1.93 bits per heavy atom. The molecule has 0 amide bonds. The number of halogens is 2. The number of allylic oxidation sites excluding steroid dienone is 1. The molecule has 0 atom stereocenters. The summed E-state index contributed by atoms with van der Waals surface area (Å²) >= 11 is 6.96. The number of carbonyl (C=O) groups is 1. The van der Waals surface area contributed by atoms with Gasteiger partial charge in [0, 0.05) is 32.2 Å². The van der Waals surface area contributed by atoms with Gasteiger partial charge in [-0.2, -0.15) is 5.26 Å². The number of para-hydroxylation sites is 1. The van der Waals surface area contributed by atoms with Gasteiger partial charge in [0.1, 0.15) is 17.6 Å². The Morgan fingerprint density at radius 1 is 1.11 bits per heavy atom. The summed E-state index contributed by atoms with van der Waals surface area (Å²) in [5, 5.41) is 10.0. The average molecular weight is 496 g/mol. The minimum absolute atomic E-state index is 0.250. The minimum Gasteiger partial charge on any atom is -0.457 e. The number of nitriles is 1. The fourth-order valence-corrected chi connectivity index (χ4v) is 4.20. The topological polar surface area (TPSA) is 58.9 Å². The Morgan fingerprint density at radius 3 is 2.71 bits per heavy atom. The molecule has 2 aromatic carbocycles. The number of hydrogen-bond acceptors (Lipinski definition) is 3. The zero-order valence-corrected chi connectivity index (χ0v) is 17.6. The van der Waals surface area contributed by atoms with E-state index in [0.29, 0.717) is 22.6 Å². The molecular formula is C22H12Br2N2O2. The summed E-state index contributed by atoms with van der Waals surface area (Å²) in [6.07, 6.45) is 4.62. The molecule has 0 bridgehead atoms. The van der Waals surface area contributed by atoms with E-state index in [1.807, 2.05) is 54.6 Å². The number of fused-ring (bicyclic) bond motifs is 1. The molecule has 6 heteroatoms. The molecule has 4 aromatic rings. The molecule has 0 aliphatic rings. The fraction of sp³-hybridized carbons (Fsp3) is 0. The van der Waals surface area contributed by atoms with Crippen LogP contribution in [0.4, 0.5) is 0 Å². The van der Waals surface area contributed by atoms with Gasteiger partial charge in [-0.05, 0) is 58.4 Å². The van der Waals surface area contributed by atoms with Crippen LogP contribution in [0.3, 0.4) is 0 Å². The van der Waals surface area contributed by atoms with Crippen LogP contribution >= 0.6 is 31.9 Å². The molecular weight excluding hydrogens is 484 g/mol. The lowest BCUT2D eigenvalue weighted by atomic mass is 10.2. The smallest absolute Gasteiger partial charge is 0.255 e. The molecule has 0 N–H and O–H groups in total. The molecule has 2 heterocycles. The van der Waals surface area contributed by atoms with E-state index in [1.165, 1.54) is 10.6 Å². The monoisotopic (exact) mass is 494 g/mol. The van der Waals surface area contributed by atoms with Crippen LogP contribution in [0.15, 0.2) is 80.2 Å². The quantitative estimate of drug-likeness (QED) is 0.299. The van der Waals surface area contributed by atoms with Gasteiger partial charge in [0.2, 0.25) is 0 Å². The van der Waals surface area contributed by atoms with Crippen molar-refractivity contribution in [3.8, 4) is 17.4 Å². The van der Waals surface area contributed by atoms with Crippen molar-refractivity contribution in [3.05, 3.63) is 87.1 Å². The molecule has 4 rings (SSSR count). The van der Waals surface area contributed by atoms with Crippen molar-refractivity contribution in [2.75, 3.05) is 0 Å². The number of furan rings is 1. The van der Waals surface area contributed by atoms with E-state index < -0.39 is 0 Å². The van der Waals surface area contributed by atoms with Gasteiger partial charge in [0.15, 0.2) is 0 Å². The molecule has 136 valence electrons. The standard InChI is InChI=1S/C22H12Br2N2O2/c23-15-5-8-18(19(24)11-15)21-9-6-16(28-21)7-10-22(27)26-13-14(12-25)17-3-1-2-4-20(17)26/h1-11,13H/b10-7+. The normalized spacial score (nSPS) is 11.2. The summed E-state index contributed by atoms with van der Waals surface area (Å²) in [7, 11) is 0. The first-order valence-electron chi connectivity index (χ1n) is 8.34. The Kier molecular flexibility index (Phi) is 5.03. The molecule has 0 fully saturated rings. The maximum absolute atomic E-state index is 12.6. The van der Waals surface area contributed by atoms with Crippen molar-refractivity contribution < 1.29 is 9.21 Å². The minimum atomic E-state index is -0.250. The fourth-order valence-electron chi connectivity index (χ4n) is 2.96. The second-order valence-electron chi connectivity index (χ2n) is 6.04. The van der Waals surface area contributed by atoms with E-state index in [0.717, 1.165) is 19.9 Å². The van der Waals surface area contributed by atoms with E-state index in [4.69, 9.17) is 4.42 Å². The molecule has 4 nitrogen and oxygen atoms in total. The lowest BCUT2D eigenvalue weighted by molar-refractivity contribution is 0.0974. The Balaban J connectivity index is 1.61. The third-order valence-electron chi connectivity index (χ3n) is 4.28. The number of benzene rings is 2. The van der Waals surface area contributed by atoms with Crippen LogP contribution in [0.5, 0.6) is 0 Å². The van der Waals surface area contributed by atoms with Crippen LogP contribution < -0.4 is 0 Å². The summed E-state index contributed by atoms with van der Waals surface area (Å²) in [6.45, 7) is 0. The van der Waals surface area contributed by atoms with Crippen LogP contribution in [-0.2, 0) is 0 Å². The number of rotatable bonds is 3. The zero-order valence-electron chi connectivity index (χ0n) is 14.4. The van der Waals surface area contributed by atoms with Gasteiger partial charge in [0.25, 0.3) is 5.91 Å². The number of nitrogens with zero attached hydrogens (tertiary/aromatic N) is 2. The van der Waals surface area contributed by atoms with Crippen LogP contribution in [0.1, 0.15) is 16.1 Å². The Bertz CT molecular complexity index is 1280. The highest BCUT2D eigenvalue weighted by molar-refractivity contribution is 9.11. The van der Waals surface area contributed by atoms with Gasteiger partial charge in [-0.25, -0.2) is 0 Å². The number of aromatic nitrogens is 1. The zero-order chi connectivity index (χ0) is 19.7. The lowest BCUT2D eigenvalue weighted by Crippen LogP contribution is -2.04. The predicted octanol–water partition coefficient (Wildman–Crippen LogP) is 6.65. The summed E-state index contributed by atoms with van der Waals surface area (Å²) in [4.78, 5) is 12.6. The lowest BCUT2D eigenvalue weighted by Gasteiger charge is -2.01. The first-order valence-corrected chi connectivity index (χ1v) is 9.93. The first kappa shape index (κ1) is 18.5. The van der Waals surface area contributed by atoms with E-state index in [-0.39, 0.29) is 5.91 Å². The molecule has 2 aromatic heterocycles. The number of carbonyl (C=O) groups excluding carboxylic acids is 1. The van der Waals surface area contributed by atoms with E-state index in [2.05, 4.69) is 37.9 Å². The predicted molar refractivity (Wildman–Crippen MR) is 116 cm³/mol. The SMILES string of the molecule is N#Cc1cn(C(=O)/C=C/c2ccc(-c3ccc(Br)cc3Br)o2)c2ccccc12. The Hall–Kier alpha value is -2.88. The highest BCUT2D eigenvalue weighted by atomic mass is 79.9. The van der Waals surface area contributed by atoms with Gasteiger partial charge >= 0.3 is 0 Å². The number of hydrogen-bond donors (Lipinski definition) is 0. The molecule has 28 heavy (non-hydrogen) atoms. The molecule has 0 radical (unpaired) electrons. The van der Waals surface area contributed by atoms with Crippen LogP contribution in [-0.4, -0.2) is 10.5 Å². The largest absolute Gasteiger partial charge is 0.457 e. The molecule has 0 saturated heterocycles. The van der Waals surface area contributed by atoms with Crippen molar-refractivity contribution in [3.63, 3.8) is 0 Å². The van der Waals surface area contributed by atoms with E-state index in [1.54, 1.807) is 12.3 Å². The van der Waals surface area contributed by atoms with Gasteiger partial charge in [-0.3, -0.25) is 9.36 Å². The van der Waals surface area contributed by atoms with E-state index >= 15 is 0 Å². The molecule has 0 spiro atoms. The second-order valence-corrected chi connectivity index (χ2v) is 7.81. The van der Waals surface area contributed by atoms with Gasteiger partial charge in [-0.15, -0.1) is 0 Å². The van der Waals surface area contributed by atoms with Crippen molar-refractivity contribution >= 4 is 54.7 Å². The summed E-state index contributed by atoms with van der Waals surface area (Å²) < 4.78 is 9.19. The van der Waals surface area contributed by atoms with Crippen LogP contribution in [0.25, 0.3) is 28.3 Å². The molecule has 0 aliphatic heterocycles. The maximum atomic E-state index is 12.6. The molecule has 0 saturated carbocycles. The molecule has 0 unspecified atom stereocenters. The third-order valence-corrected chi connectivity index (χ3v) is 5.43. The van der Waals surface area contributed by atoms with Crippen molar-refractivity contribution in [1.29, 1.82) is 5.26 Å². The van der Waals surface area contributed by atoms with Crippen molar-refractivity contribution in [1.82, 2.24) is 4.57 Å². The maximum Gasteiger partial charge on any atom is 0.255 e. The van der Waals surface area contributed by atoms with Crippen molar-refractivity contribution in [2.45, 2.75) is 0 Å². The molecule has 0 aliphatic carbocycles. The van der Waals surface area contributed by atoms with Gasteiger partial charge in [0.05, 0.1) is 11.1 Å². The highest BCUT2D eigenvalue weighted by Crippen LogP contribution is 2.32. The second kappa shape index (κ2) is 7.63. The summed E-state index contributed by atoms with van der Waals surface area (Å²) in [5.41, 5.74) is 2.09. The highest BCUT2D eigenvalue weighted by Gasteiger charge is 2.12. The summed E-state index contributed by atoms with van der Waals surface area (Å²) in [6, 6.07) is 19.0. The summed E-state index contributed by atoms with van der Waals surface area (Å²) in [5.74, 6) is 1.01. The first-order chi connectivity index (χ1) is 13.6. The van der Waals surface area contributed by atoms with Crippen LogP contribution in [0.2, 0.25) is 0 Å². The van der Waals surface area contributed by atoms with E-state index in [9.17, 15) is 10.1 Å². The Labute approximate surface area is 178 Å². The third kappa shape index (κ3) is 3.47. The average Bonchev–Trinajstić information content (AvgIpc) is 3.31. The van der Waals surface area contributed by atoms with Crippen LogP contribution in [0, 0.1) is 11.3 Å². The van der Waals surface area contributed by atoms with Gasteiger partial charge < -0.3 is 4.42 Å². The van der Waals surface area contributed by atoms with Gasteiger partial charge in [-0.1, -0.05) is 34.1 Å².